The highest BCUT2D eigenvalue weighted by atomic mass is 16.2. The van der Waals surface area contributed by atoms with Gasteiger partial charge in [0, 0.05) is 5.69 Å². The van der Waals surface area contributed by atoms with Crippen LogP contribution < -0.4 is 16.0 Å². The van der Waals surface area contributed by atoms with Crippen LogP contribution in [0.2, 0.25) is 0 Å². The largest absolute Gasteiger partial charge is 0.347 e. The highest BCUT2D eigenvalue weighted by molar-refractivity contribution is 5.98. The van der Waals surface area contributed by atoms with Crippen LogP contribution in [-0.2, 0) is 14.4 Å². The van der Waals surface area contributed by atoms with Gasteiger partial charge in [-0.1, -0.05) is 44.9 Å². The van der Waals surface area contributed by atoms with Crippen LogP contribution >= 0.6 is 0 Å². The van der Waals surface area contributed by atoms with Gasteiger partial charge in [0.15, 0.2) is 0 Å². The number of benzene rings is 1. The van der Waals surface area contributed by atoms with Crippen molar-refractivity contribution in [3.63, 3.8) is 0 Å². The molecule has 0 saturated heterocycles. The molecular weight excluding hydrogens is 306 g/mol. The zero-order chi connectivity index (χ0) is 18.1. The highest BCUT2D eigenvalue weighted by Gasteiger charge is 2.26. The number of hydrogen-bond acceptors (Lipinski definition) is 3. The molecule has 24 heavy (non-hydrogen) atoms. The molecule has 3 amide bonds. The van der Waals surface area contributed by atoms with Gasteiger partial charge in [-0.2, -0.15) is 0 Å². The lowest BCUT2D eigenvalue weighted by molar-refractivity contribution is -0.130. The monoisotopic (exact) mass is 333 g/mol. The van der Waals surface area contributed by atoms with Crippen molar-refractivity contribution in [2.75, 3.05) is 5.32 Å². The van der Waals surface area contributed by atoms with Gasteiger partial charge >= 0.3 is 0 Å². The summed E-state index contributed by atoms with van der Waals surface area (Å²) in [5.74, 6) is -0.685. The van der Waals surface area contributed by atoms with E-state index in [0.29, 0.717) is 18.5 Å². The molecule has 0 radical (unpaired) electrons. The summed E-state index contributed by atoms with van der Waals surface area (Å²) in [4.78, 5) is 35.5. The molecule has 3 N–H and O–H groups in total. The normalized spacial score (nSPS) is 13.0. The van der Waals surface area contributed by atoms with Crippen molar-refractivity contribution >= 4 is 23.9 Å². The molecular formula is C18H27N3O3. The molecule has 0 aliphatic carbocycles. The van der Waals surface area contributed by atoms with E-state index in [2.05, 4.69) is 16.0 Å². The number of amides is 3. The molecule has 1 rings (SSSR count). The lowest BCUT2D eigenvalue weighted by Gasteiger charge is -2.23. The number of aryl methyl sites for hydroxylation is 1. The van der Waals surface area contributed by atoms with Gasteiger partial charge in [0.05, 0.1) is 0 Å². The standard InChI is InChI=1S/C18H27N3O3/c1-5-6-15(21-18(24)16(12(2)3)19-11-22)17(23)20-14-9-7-13(4)8-10-14/h7-12,15-16H,5-6H2,1-4H3,(H,19,22)(H,20,23)(H,21,24)/t15-,16?/m0/s1. The first-order valence-corrected chi connectivity index (χ1v) is 8.26. The third-order valence-corrected chi connectivity index (χ3v) is 3.73. The van der Waals surface area contributed by atoms with Crippen LogP contribution in [0, 0.1) is 12.8 Å². The summed E-state index contributed by atoms with van der Waals surface area (Å²) in [6.45, 7) is 7.59. The number of rotatable bonds is 9. The fourth-order valence-corrected chi connectivity index (χ4v) is 2.33. The van der Waals surface area contributed by atoms with E-state index in [4.69, 9.17) is 0 Å². The van der Waals surface area contributed by atoms with Crippen LogP contribution in [0.25, 0.3) is 0 Å². The molecule has 0 aliphatic rings. The number of anilines is 1. The molecule has 0 spiro atoms. The van der Waals surface area contributed by atoms with E-state index in [-0.39, 0.29) is 17.7 Å². The molecule has 0 saturated carbocycles. The molecule has 1 aromatic carbocycles. The van der Waals surface area contributed by atoms with Crippen molar-refractivity contribution in [3.8, 4) is 0 Å². The summed E-state index contributed by atoms with van der Waals surface area (Å²) in [5, 5.41) is 8.06. The molecule has 0 aliphatic heterocycles. The van der Waals surface area contributed by atoms with Gasteiger partial charge in [0.25, 0.3) is 0 Å². The zero-order valence-corrected chi connectivity index (χ0v) is 14.8. The first-order valence-electron chi connectivity index (χ1n) is 8.26. The molecule has 2 atom stereocenters. The average Bonchev–Trinajstić information content (AvgIpc) is 2.53. The predicted octanol–water partition coefficient (Wildman–Crippen LogP) is 1.99. The SMILES string of the molecule is CCC[C@H](NC(=O)C(NC=O)C(C)C)C(=O)Nc1ccc(C)cc1. The minimum Gasteiger partial charge on any atom is -0.347 e. The Balaban J connectivity index is 2.77. The quantitative estimate of drug-likeness (QED) is 0.604. The minimum atomic E-state index is -0.658. The maximum atomic E-state index is 12.5. The van der Waals surface area contributed by atoms with E-state index in [9.17, 15) is 14.4 Å². The van der Waals surface area contributed by atoms with Gasteiger partial charge in [0.2, 0.25) is 18.2 Å². The molecule has 6 nitrogen and oxygen atoms in total. The number of hydrogen-bond donors (Lipinski definition) is 3. The summed E-state index contributed by atoms with van der Waals surface area (Å²) < 4.78 is 0. The fourth-order valence-electron chi connectivity index (χ4n) is 2.33. The first kappa shape index (κ1) is 19.7. The summed E-state index contributed by atoms with van der Waals surface area (Å²) in [6.07, 6.45) is 1.78. The van der Waals surface area contributed by atoms with Crippen LogP contribution in [0.15, 0.2) is 24.3 Å². The molecule has 0 fully saturated rings. The second kappa shape index (κ2) is 9.70. The summed E-state index contributed by atoms with van der Waals surface area (Å²) in [7, 11) is 0. The second-order valence-corrected chi connectivity index (χ2v) is 6.21. The Morgan fingerprint density at radius 3 is 2.25 bits per heavy atom. The Morgan fingerprint density at radius 1 is 1.12 bits per heavy atom. The third kappa shape index (κ3) is 6.02. The summed E-state index contributed by atoms with van der Waals surface area (Å²) >= 11 is 0. The topological polar surface area (TPSA) is 87.3 Å². The van der Waals surface area contributed by atoms with Crippen molar-refractivity contribution in [2.24, 2.45) is 5.92 Å². The number of carbonyl (C=O) groups is 3. The third-order valence-electron chi connectivity index (χ3n) is 3.73. The van der Waals surface area contributed by atoms with E-state index in [1.165, 1.54) is 0 Å². The van der Waals surface area contributed by atoms with Gasteiger partial charge in [-0.3, -0.25) is 14.4 Å². The Bertz CT molecular complexity index is 555. The minimum absolute atomic E-state index is 0.0716. The molecule has 0 bridgehead atoms. The van der Waals surface area contributed by atoms with Crippen LogP contribution in [0.1, 0.15) is 39.2 Å². The van der Waals surface area contributed by atoms with E-state index in [1.807, 2.05) is 52.0 Å². The second-order valence-electron chi connectivity index (χ2n) is 6.21. The molecule has 1 aromatic rings. The molecule has 132 valence electrons. The smallest absolute Gasteiger partial charge is 0.246 e. The first-order chi connectivity index (χ1) is 11.4. The average molecular weight is 333 g/mol. The Morgan fingerprint density at radius 2 is 1.75 bits per heavy atom. The van der Waals surface area contributed by atoms with Crippen molar-refractivity contribution in [1.82, 2.24) is 10.6 Å². The molecule has 6 heteroatoms. The van der Waals surface area contributed by atoms with Gasteiger partial charge in [-0.05, 0) is 31.4 Å². The molecule has 0 heterocycles. The maximum Gasteiger partial charge on any atom is 0.246 e. The van der Waals surface area contributed by atoms with Crippen LogP contribution in [0.4, 0.5) is 5.69 Å². The lowest BCUT2D eigenvalue weighted by atomic mass is 10.0. The van der Waals surface area contributed by atoms with Gasteiger partial charge in [-0.15, -0.1) is 0 Å². The van der Waals surface area contributed by atoms with Gasteiger partial charge < -0.3 is 16.0 Å². The lowest BCUT2D eigenvalue weighted by Crippen LogP contribution is -2.53. The fraction of sp³-hybridized carbons (Fsp3) is 0.500. The Hall–Kier alpha value is -2.37. The van der Waals surface area contributed by atoms with Gasteiger partial charge in [-0.25, -0.2) is 0 Å². The van der Waals surface area contributed by atoms with Crippen LogP contribution in [0.3, 0.4) is 0 Å². The number of nitrogens with one attached hydrogen (secondary N) is 3. The highest BCUT2D eigenvalue weighted by Crippen LogP contribution is 2.11. The number of carbonyl (C=O) groups excluding carboxylic acids is 3. The molecule has 1 unspecified atom stereocenters. The van der Waals surface area contributed by atoms with E-state index in [0.717, 1.165) is 12.0 Å². The predicted molar refractivity (Wildman–Crippen MR) is 94.5 cm³/mol. The summed E-state index contributed by atoms with van der Waals surface area (Å²) in [6, 6.07) is 6.16. The Labute approximate surface area is 143 Å². The van der Waals surface area contributed by atoms with Crippen LogP contribution in [-0.4, -0.2) is 30.3 Å². The zero-order valence-electron chi connectivity index (χ0n) is 14.8. The van der Waals surface area contributed by atoms with Crippen LogP contribution in [0.5, 0.6) is 0 Å². The van der Waals surface area contributed by atoms with Gasteiger partial charge in [0.1, 0.15) is 12.1 Å². The van der Waals surface area contributed by atoms with Crippen molar-refractivity contribution in [1.29, 1.82) is 0 Å². The maximum absolute atomic E-state index is 12.5. The Kier molecular flexibility index (Phi) is 7.95. The molecule has 0 aromatic heterocycles. The van der Waals surface area contributed by atoms with E-state index < -0.39 is 12.1 Å². The van der Waals surface area contributed by atoms with Crippen molar-refractivity contribution in [2.45, 2.75) is 52.6 Å². The van der Waals surface area contributed by atoms with Crippen molar-refractivity contribution in [3.05, 3.63) is 29.8 Å². The van der Waals surface area contributed by atoms with E-state index >= 15 is 0 Å². The van der Waals surface area contributed by atoms with Crippen molar-refractivity contribution < 1.29 is 14.4 Å². The summed E-state index contributed by atoms with van der Waals surface area (Å²) in [5.41, 5.74) is 1.79. The van der Waals surface area contributed by atoms with E-state index in [1.54, 1.807) is 0 Å².